The van der Waals surface area contributed by atoms with Gasteiger partial charge in [0.05, 0.1) is 18.2 Å². The Kier molecular flexibility index (Phi) is 8.46. The number of amides is 1. The fourth-order valence-electron chi connectivity index (χ4n) is 4.10. The molecule has 0 fully saturated rings. The van der Waals surface area contributed by atoms with Gasteiger partial charge in [0.25, 0.3) is 0 Å². The van der Waals surface area contributed by atoms with Crippen LogP contribution in [0.1, 0.15) is 54.0 Å². The molecule has 214 valence electrons. The molecule has 0 atom stereocenters. The minimum atomic E-state index is -0.680. The van der Waals surface area contributed by atoms with Crippen molar-refractivity contribution >= 4 is 17.8 Å². The molecule has 0 radical (unpaired) electrons. The van der Waals surface area contributed by atoms with Gasteiger partial charge in [-0.3, -0.25) is 14.9 Å². The number of methoxy groups -OCH3 is 1. The molecule has 0 unspecified atom stereocenters. The summed E-state index contributed by atoms with van der Waals surface area (Å²) < 4.78 is 24.6. The molecule has 0 bridgehead atoms. The zero-order chi connectivity index (χ0) is 29.7. The van der Waals surface area contributed by atoms with E-state index in [4.69, 9.17) is 18.6 Å². The number of aryl methyl sites for hydroxylation is 2. The first kappa shape index (κ1) is 28.9. The van der Waals surface area contributed by atoms with Gasteiger partial charge in [0.15, 0.2) is 11.5 Å². The second-order valence-corrected chi connectivity index (χ2v) is 10.2. The number of nitrogens with one attached hydrogen (secondary N) is 1. The Hall–Kier alpha value is -5.06. The third-order valence-electron chi connectivity index (χ3n) is 5.89. The number of carbonyl (C=O) groups excluding carboxylic acids is 1. The molecule has 0 saturated carbocycles. The molecule has 1 amide bonds. The number of rotatable bonds is 10. The number of benzene rings is 2. The van der Waals surface area contributed by atoms with Crippen LogP contribution in [0.25, 0.3) is 5.69 Å². The van der Waals surface area contributed by atoms with Gasteiger partial charge in [0.2, 0.25) is 5.75 Å². The summed E-state index contributed by atoms with van der Waals surface area (Å²) in [5.74, 6) is 0.734. The molecule has 4 aromatic rings. The first-order chi connectivity index (χ1) is 19.4. The van der Waals surface area contributed by atoms with Gasteiger partial charge in [-0.2, -0.15) is 5.10 Å². The van der Waals surface area contributed by atoms with E-state index < -0.39 is 16.4 Å². The van der Waals surface area contributed by atoms with Crippen molar-refractivity contribution in [2.24, 2.45) is 5.10 Å². The SMILES string of the molecule is COc1cc(/C=N/NC(=O)c2ccc(COc3ccc(-n4c(C)ccc4C)cc3)o2)cc([N+](=O)[O-])c1OC(C)(C)C. The van der Waals surface area contributed by atoms with Crippen LogP contribution >= 0.6 is 0 Å². The highest BCUT2D eigenvalue weighted by Crippen LogP contribution is 2.40. The number of hydrogen-bond donors (Lipinski definition) is 1. The second kappa shape index (κ2) is 12.0. The van der Waals surface area contributed by atoms with Crippen molar-refractivity contribution in [2.75, 3.05) is 7.11 Å². The smallest absolute Gasteiger partial charge is 0.315 e. The van der Waals surface area contributed by atoms with Gasteiger partial charge in [-0.25, -0.2) is 5.43 Å². The van der Waals surface area contributed by atoms with Crippen molar-refractivity contribution in [1.82, 2.24) is 9.99 Å². The zero-order valence-electron chi connectivity index (χ0n) is 23.8. The number of nitrogens with zero attached hydrogens (tertiary/aromatic N) is 3. The van der Waals surface area contributed by atoms with Gasteiger partial charge in [0, 0.05) is 28.7 Å². The average Bonchev–Trinajstić information content (AvgIpc) is 3.53. The summed E-state index contributed by atoms with van der Waals surface area (Å²) in [6.07, 6.45) is 1.27. The highest BCUT2D eigenvalue weighted by atomic mass is 16.6. The average molecular weight is 561 g/mol. The van der Waals surface area contributed by atoms with Crippen LogP contribution in [0.4, 0.5) is 5.69 Å². The van der Waals surface area contributed by atoms with Crippen LogP contribution in [0, 0.1) is 24.0 Å². The molecule has 4 rings (SSSR count). The minimum Gasteiger partial charge on any atom is -0.493 e. The number of ether oxygens (including phenoxy) is 3. The molecule has 0 saturated heterocycles. The van der Waals surface area contributed by atoms with E-state index in [2.05, 4.69) is 41.1 Å². The molecule has 0 aliphatic rings. The largest absolute Gasteiger partial charge is 0.493 e. The predicted molar refractivity (Wildman–Crippen MR) is 153 cm³/mol. The number of hydrazone groups is 1. The number of carbonyl (C=O) groups is 1. The number of nitro groups is 1. The van der Waals surface area contributed by atoms with Gasteiger partial charge in [-0.15, -0.1) is 0 Å². The van der Waals surface area contributed by atoms with Crippen LogP contribution in [0.15, 0.2) is 70.2 Å². The lowest BCUT2D eigenvalue weighted by Gasteiger charge is -2.22. The number of hydrogen-bond acceptors (Lipinski definition) is 8. The summed E-state index contributed by atoms with van der Waals surface area (Å²) in [5.41, 5.74) is 5.05. The van der Waals surface area contributed by atoms with E-state index in [1.807, 2.05) is 24.3 Å². The van der Waals surface area contributed by atoms with Crippen molar-refractivity contribution in [1.29, 1.82) is 0 Å². The van der Waals surface area contributed by atoms with Gasteiger partial charge in [-0.1, -0.05) is 0 Å². The predicted octanol–water partition coefficient (Wildman–Crippen LogP) is 6.12. The van der Waals surface area contributed by atoms with Crippen LogP contribution in [-0.2, 0) is 6.61 Å². The molecular weight excluding hydrogens is 528 g/mol. The Labute approximate surface area is 237 Å². The van der Waals surface area contributed by atoms with Crippen molar-refractivity contribution in [3.05, 3.63) is 99.2 Å². The fourth-order valence-corrected chi connectivity index (χ4v) is 4.10. The zero-order valence-corrected chi connectivity index (χ0v) is 23.8. The topological polar surface area (TPSA) is 130 Å². The molecule has 0 spiro atoms. The maximum Gasteiger partial charge on any atom is 0.315 e. The van der Waals surface area contributed by atoms with Gasteiger partial charge in [0.1, 0.15) is 23.7 Å². The Morgan fingerprint density at radius 1 is 1.07 bits per heavy atom. The molecule has 41 heavy (non-hydrogen) atoms. The van der Waals surface area contributed by atoms with Crippen LogP contribution in [-0.4, -0.2) is 34.3 Å². The molecule has 2 aromatic heterocycles. The Morgan fingerprint density at radius 2 is 1.76 bits per heavy atom. The molecular formula is C30H32N4O7. The van der Waals surface area contributed by atoms with Crippen LogP contribution in [0.5, 0.6) is 17.2 Å². The Morgan fingerprint density at radius 3 is 2.37 bits per heavy atom. The van der Waals surface area contributed by atoms with Crippen molar-refractivity contribution < 1.29 is 28.3 Å². The van der Waals surface area contributed by atoms with E-state index in [0.717, 1.165) is 17.1 Å². The monoisotopic (exact) mass is 560 g/mol. The van der Waals surface area contributed by atoms with E-state index in [-0.39, 0.29) is 29.6 Å². The lowest BCUT2D eigenvalue weighted by atomic mass is 10.1. The van der Waals surface area contributed by atoms with Crippen molar-refractivity contribution in [3.8, 4) is 22.9 Å². The second-order valence-electron chi connectivity index (χ2n) is 10.2. The summed E-state index contributed by atoms with van der Waals surface area (Å²) in [7, 11) is 1.38. The highest BCUT2D eigenvalue weighted by molar-refractivity contribution is 5.92. The maximum atomic E-state index is 12.5. The lowest BCUT2D eigenvalue weighted by Crippen LogP contribution is -2.24. The van der Waals surface area contributed by atoms with Crippen molar-refractivity contribution in [3.63, 3.8) is 0 Å². The van der Waals surface area contributed by atoms with Gasteiger partial charge in [-0.05, 0) is 89.2 Å². The first-order valence-electron chi connectivity index (χ1n) is 12.8. The molecule has 0 aliphatic heterocycles. The number of furan rings is 1. The summed E-state index contributed by atoms with van der Waals surface area (Å²) in [6, 6.07) is 17.8. The molecule has 1 N–H and O–H groups in total. The Bertz CT molecular complexity index is 1560. The summed E-state index contributed by atoms with van der Waals surface area (Å²) in [6.45, 7) is 9.56. The Balaban J connectivity index is 1.37. The standard InChI is InChI=1S/C30H32N4O7/c1-19-7-8-20(2)33(19)22-9-11-23(12-10-22)39-18-24-13-14-26(40-24)29(35)32-31-17-21-15-25(34(36)37)28(27(16-21)38-6)41-30(3,4)5/h7-17H,18H2,1-6H3,(H,32,35)/b31-17+. The van der Waals surface area contributed by atoms with Gasteiger partial charge >= 0.3 is 11.6 Å². The normalized spacial score (nSPS) is 11.5. The van der Waals surface area contributed by atoms with Crippen molar-refractivity contribution in [2.45, 2.75) is 46.8 Å². The molecule has 0 aliphatic carbocycles. The van der Waals surface area contributed by atoms with E-state index >= 15 is 0 Å². The highest BCUT2D eigenvalue weighted by Gasteiger charge is 2.26. The third-order valence-corrected chi connectivity index (χ3v) is 5.89. The van der Waals surface area contributed by atoms with E-state index in [1.165, 1.54) is 31.5 Å². The molecule has 2 aromatic carbocycles. The van der Waals surface area contributed by atoms with E-state index in [0.29, 0.717) is 17.1 Å². The van der Waals surface area contributed by atoms with E-state index in [9.17, 15) is 14.9 Å². The quantitative estimate of drug-likeness (QED) is 0.140. The van der Waals surface area contributed by atoms with Crippen LogP contribution in [0.2, 0.25) is 0 Å². The lowest BCUT2D eigenvalue weighted by molar-refractivity contribution is -0.386. The third kappa shape index (κ3) is 7.13. The van der Waals surface area contributed by atoms with Crippen LogP contribution < -0.4 is 19.6 Å². The first-order valence-corrected chi connectivity index (χ1v) is 12.8. The molecule has 11 nitrogen and oxygen atoms in total. The molecule has 2 heterocycles. The van der Waals surface area contributed by atoms with Gasteiger partial charge < -0.3 is 23.2 Å². The molecule has 11 heteroatoms. The fraction of sp³-hybridized carbons (Fsp3) is 0.267. The number of nitro benzene ring substituents is 1. The maximum absolute atomic E-state index is 12.5. The van der Waals surface area contributed by atoms with E-state index in [1.54, 1.807) is 26.8 Å². The number of aromatic nitrogens is 1. The van der Waals surface area contributed by atoms with Crippen LogP contribution in [0.3, 0.4) is 0 Å². The summed E-state index contributed by atoms with van der Waals surface area (Å²) in [5, 5.41) is 15.6. The minimum absolute atomic E-state index is 0.0126. The summed E-state index contributed by atoms with van der Waals surface area (Å²) in [4.78, 5) is 23.6. The summed E-state index contributed by atoms with van der Waals surface area (Å²) >= 11 is 0.